The van der Waals surface area contributed by atoms with Crippen LogP contribution in [-0.2, 0) is 11.2 Å². The minimum atomic E-state index is 0.273. The van der Waals surface area contributed by atoms with Crippen LogP contribution in [0.4, 0.5) is 0 Å². The Morgan fingerprint density at radius 2 is 1.95 bits per heavy atom. The van der Waals surface area contributed by atoms with Gasteiger partial charge in [0.05, 0.1) is 0 Å². The molecular weight excluding hydrogens is 274 g/mol. The molecule has 1 fully saturated rings. The molecule has 1 aromatic rings. The number of rotatable bonds is 8. The predicted molar refractivity (Wildman–Crippen MR) is 90.8 cm³/mol. The minimum absolute atomic E-state index is 0.273. The van der Waals surface area contributed by atoms with E-state index in [1.54, 1.807) is 0 Å². The summed E-state index contributed by atoms with van der Waals surface area (Å²) < 4.78 is 0. The summed E-state index contributed by atoms with van der Waals surface area (Å²) in [5.74, 6) is 0.273. The van der Waals surface area contributed by atoms with Crippen molar-refractivity contribution in [1.82, 2.24) is 15.1 Å². The van der Waals surface area contributed by atoms with Crippen LogP contribution in [0.1, 0.15) is 12.0 Å². The van der Waals surface area contributed by atoms with Crippen molar-refractivity contribution in [3.05, 3.63) is 48.6 Å². The molecule has 0 atom stereocenters. The first-order chi connectivity index (χ1) is 10.8. The topological polar surface area (TPSA) is 35.6 Å². The summed E-state index contributed by atoms with van der Waals surface area (Å²) in [7, 11) is 0. The van der Waals surface area contributed by atoms with Gasteiger partial charge in [-0.25, -0.2) is 0 Å². The van der Waals surface area contributed by atoms with Crippen LogP contribution in [0.25, 0.3) is 0 Å². The number of nitrogens with one attached hydrogen (secondary N) is 1. The number of amides is 1. The Balaban J connectivity index is 1.75. The summed E-state index contributed by atoms with van der Waals surface area (Å²) in [6.45, 7) is 9.93. The molecule has 1 aliphatic rings. The Kier molecular flexibility index (Phi) is 7.13. The Hall–Kier alpha value is -1.65. The first-order valence-corrected chi connectivity index (χ1v) is 8.15. The number of piperazine rings is 1. The van der Waals surface area contributed by atoms with Gasteiger partial charge in [0.2, 0.25) is 5.91 Å². The van der Waals surface area contributed by atoms with Crippen molar-refractivity contribution < 1.29 is 4.79 Å². The summed E-state index contributed by atoms with van der Waals surface area (Å²) >= 11 is 0. The average molecular weight is 301 g/mol. The third kappa shape index (κ3) is 5.62. The fourth-order valence-electron chi connectivity index (χ4n) is 2.73. The predicted octanol–water partition coefficient (Wildman–Crippen LogP) is 1.54. The van der Waals surface area contributed by atoms with Crippen molar-refractivity contribution in [2.45, 2.75) is 12.8 Å². The number of benzene rings is 1. The standard InChI is InChI=1S/C18H27N3O/c1-2-12-20(13-8-17-6-4-3-5-7-17)14-9-18(22)21-15-10-19-11-16-21/h2-7,19H,1,8-16H2. The maximum atomic E-state index is 12.2. The van der Waals surface area contributed by atoms with Crippen LogP contribution in [0.2, 0.25) is 0 Å². The van der Waals surface area contributed by atoms with Crippen LogP contribution in [-0.4, -0.2) is 61.5 Å². The zero-order valence-corrected chi connectivity index (χ0v) is 13.3. The van der Waals surface area contributed by atoms with E-state index in [1.807, 2.05) is 17.0 Å². The first kappa shape index (κ1) is 16.7. The lowest BCUT2D eigenvalue weighted by Crippen LogP contribution is -2.47. The highest BCUT2D eigenvalue weighted by Gasteiger charge is 2.16. The number of hydrogen-bond donors (Lipinski definition) is 1. The van der Waals surface area contributed by atoms with E-state index in [2.05, 4.69) is 41.1 Å². The lowest BCUT2D eigenvalue weighted by atomic mass is 10.1. The molecule has 0 radical (unpaired) electrons. The largest absolute Gasteiger partial charge is 0.340 e. The van der Waals surface area contributed by atoms with Gasteiger partial charge in [0.1, 0.15) is 0 Å². The molecule has 1 amide bonds. The van der Waals surface area contributed by atoms with E-state index < -0.39 is 0 Å². The van der Waals surface area contributed by atoms with Crippen molar-refractivity contribution in [3.63, 3.8) is 0 Å². The van der Waals surface area contributed by atoms with Gasteiger partial charge in [-0.15, -0.1) is 6.58 Å². The second-order valence-corrected chi connectivity index (χ2v) is 5.71. The van der Waals surface area contributed by atoms with Crippen LogP contribution in [0.3, 0.4) is 0 Å². The van der Waals surface area contributed by atoms with Crippen LogP contribution in [0.15, 0.2) is 43.0 Å². The quantitative estimate of drug-likeness (QED) is 0.740. The van der Waals surface area contributed by atoms with Gasteiger partial charge in [0, 0.05) is 52.2 Å². The monoisotopic (exact) mass is 301 g/mol. The molecule has 0 bridgehead atoms. The zero-order valence-electron chi connectivity index (χ0n) is 13.3. The first-order valence-electron chi connectivity index (χ1n) is 8.15. The van der Waals surface area contributed by atoms with Gasteiger partial charge >= 0.3 is 0 Å². The number of carbonyl (C=O) groups excluding carboxylic acids is 1. The minimum Gasteiger partial charge on any atom is -0.340 e. The lowest BCUT2D eigenvalue weighted by molar-refractivity contribution is -0.132. The van der Waals surface area contributed by atoms with Crippen LogP contribution >= 0.6 is 0 Å². The van der Waals surface area contributed by atoms with Crippen molar-refractivity contribution in [2.75, 3.05) is 45.8 Å². The van der Waals surface area contributed by atoms with Crippen molar-refractivity contribution in [3.8, 4) is 0 Å². The lowest BCUT2D eigenvalue weighted by Gasteiger charge is -2.28. The normalized spacial score (nSPS) is 15.0. The van der Waals surface area contributed by atoms with E-state index in [-0.39, 0.29) is 5.91 Å². The van der Waals surface area contributed by atoms with Gasteiger partial charge in [-0.1, -0.05) is 36.4 Å². The summed E-state index contributed by atoms with van der Waals surface area (Å²) in [4.78, 5) is 16.5. The number of hydrogen-bond acceptors (Lipinski definition) is 3. The van der Waals surface area contributed by atoms with Crippen molar-refractivity contribution in [1.29, 1.82) is 0 Å². The van der Waals surface area contributed by atoms with Gasteiger partial charge < -0.3 is 10.2 Å². The molecule has 4 nitrogen and oxygen atoms in total. The van der Waals surface area contributed by atoms with E-state index in [9.17, 15) is 4.79 Å². The van der Waals surface area contributed by atoms with Crippen LogP contribution < -0.4 is 5.32 Å². The van der Waals surface area contributed by atoms with E-state index in [0.29, 0.717) is 6.42 Å². The molecule has 0 saturated carbocycles. The van der Waals surface area contributed by atoms with Crippen LogP contribution in [0.5, 0.6) is 0 Å². The Morgan fingerprint density at radius 3 is 2.64 bits per heavy atom. The highest BCUT2D eigenvalue weighted by Crippen LogP contribution is 2.04. The van der Waals surface area contributed by atoms with E-state index in [4.69, 9.17) is 0 Å². The SMILES string of the molecule is C=CCN(CCC(=O)N1CCNCC1)CCc1ccccc1. The Bertz CT molecular complexity index is 455. The maximum Gasteiger partial charge on any atom is 0.223 e. The molecule has 0 aromatic heterocycles. The van der Waals surface area contributed by atoms with E-state index in [0.717, 1.165) is 52.2 Å². The summed E-state index contributed by atoms with van der Waals surface area (Å²) in [5, 5.41) is 3.28. The highest BCUT2D eigenvalue weighted by molar-refractivity contribution is 5.76. The van der Waals surface area contributed by atoms with E-state index >= 15 is 0 Å². The molecule has 1 heterocycles. The molecule has 1 saturated heterocycles. The summed E-state index contributed by atoms with van der Waals surface area (Å²) in [5.41, 5.74) is 1.34. The third-order valence-electron chi connectivity index (χ3n) is 4.06. The highest BCUT2D eigenvalue weighted by atomic mass is 16.2. The van der Waals surface area contributed by atoms with Gasteiger partial charge in [-0.05, 0) is 12.0 Å². The van der Waals surface area contributed by atoms with Crippen LogP contribution in [0, 0.1) is 0 Å². The summed E-state index contributed by atoms with van der Waals surface area (Å²) in [6, 6.07) is 10.5. The fraction of sp³-hybridized carbons (Fsp3) is 0.500. The molecule has 0 spiro atoms. The fourth-order valence-corrected chi connectivity index (χ4v) is 2.73. The molecule has 1 aromatic carbocycles. The molecule has 4 heteroatoms. The van der Waals surface area contributed by atoms with Crippen molar-refractivity contribution in [2.24, 2.45) is 0 Å². The molecule has 1 N–H and O–H groups in total. The number of nitrogens with zero attached hydrogens (tertiary/aromatic N) is 2. The van der Waals surface area contributed by atoms with Gasteiger partial charge in [0.25, 0.3) is 0 Å². The molecule has 120 valence electrons. The molecular formula is C18H27N3O. The molecule has 22 heavy (non-hydrogen) atoms. The van der Waals surface area contributed by atoms with Gasteiger partial charge in [0.15, 0.2) is 0 Å². The zero-order chi connectivity index (χ0) is 15.6. The number of carbonyl (C=O) groups is 1. The Morgan fingerprint density at radius 1 is 1.23 bits per heavy atom. The average Bonchev–Trinajstić information content (AvgIpc) is 2.59. The Labute approximate surface area is 133 Å². The smallest absolute Gasteiger partial charge is 0.223 e. The second kappa shape index (κ2) is 9.38. The van der Waals surface area contributed by atoms with Gasteiger partial charge in [-0.3, -0.25) is 9.69 Å². The molecule has 1 aliphatic heterocycles. The molecule has 0 aliphatic carbocycles. The van der Waals surface area contributed by atoms with E-state index in [1.165, 1.54) is 5.56 Å². The van der Waals surface area contributed by atoms with Crippen molar-refractivity contribution >= 4 is 5.91 Å². The van der Waals surface area contributed by atoms with Gasteiger partial charge in [-0.2, -0.15) is 0 Å². The summed E-state index contributed by atoms with van der Waals surface area (Å²) in [6.07, 6.45) is 3.53. The second-order valence-electron chi connectivity index (χ2n) is 5.71. The third-order valence-corrected chi connectivity index (χ3v) is 4.06. The molecule has 0 unspecified atom stereocenters. The molecule has 2 rings (SSSR count). The maximum absolute atomic E-state index is 12.2.